The van der Waals surface area contributed by atoms with E-state index < -0.39 is 5.97 Å². The predicted molar refractivity (Wildman–Crippen MR) is 162 cm³/mol. The largest absolute Gasteiger partial charge is 0.491 e. The molecule has 0 aliphatic carbocycles. The van der Waals surface area contributed by atoms with Crippen molar-refractivity contribution in [2.24, 2.45) is 0 Å². The molecular weight excluding hydrogens is 522 g/mol. The summed E-state index contributed by atoms with van der Waals surface area (Å²) in [7, 11) is 0. The van der Waals surface area contributed by atoms with E-state index >= 15 is 0 Å². The minimum absolute atomic E-state index is 0.0458. The zero-order valence-corrected chi connectivity index (χ0v) is 23.8. The lowest BCUT2D eigenvalue weighted by atomic mass is 9.99. The van der Waals surface area contributed by atoms with Gasteiger partial charge in [0.2, 0.25) is 0 Å². The molecule has 5 aromatic rings. The van der Waals surface area contributed by atoms with Crippen LogP contribution in [0.3, 0.4) is 0 Å². The monoisotopic (exact) mass is 553 g/mol. The van der Waals surface area contributed by atoms with Crippen LogP contribution in [0.5, 0.6) is 11.5 Å². The first-order valence-electron chi connectivity index (χ1n) is 13.4. The number of ether oxygens (including phenoxy) is 2. The third-order valence-corrected chi connectivity index (χ3v) is 6.81. The lowest BCUT2D eigenvalue weighted by Gasteiger charge is -2.12. The van der Waals surface area contributed by atoms with Crippen molar-refractivity contribution in [2.45, 2.75) is 46.4 Å². The van der Waals surface area contributed by atoms with Gasteiger partial charge >= 0.3 is 5.97 Å². The standard InChI is InChI=1S/C34H32ClNO4/c1-21(2)39-28-13-8-24(9-14-28)26-12-17-30-31(19-26)36(20-23-6-5-7-27(35)18-23)33(34(37)38)32(30)25-10-15-29(16-11-25)40-22(3)4/h5-19,21-22H,20H2,1-4H3,(H,37,38). The summed E-state index contributed by atoms with van der Waals surface area (Å²) in [4.78, 5) is 12.9. The molecule has 6 heteroatoms. The molecule has 0 aliphatic heterocycles. The van der Waals surface area contributed by atoms with Gasteiger partial charge in [-0.05, 0) is 92.4 Å². The molecule has 0 amide bonds. The molecule has 1 N–H and O–H groups in total. The van der Waals surface area contributed by atoms with E-state index in [-0.39, 0.29) is 17.9 Å². The Balaban J connectivity index is 1.68. The van der Waals surface area contributed by atoms with E-state index in [0.717, 1.165) is 44.7 Å². The molecule has 5 nitrogen and oxygen atoms in total. The Kier molecular flexibility index (Phi) is 7.85. The van der Waals surface area contributed by atoms with Crippen molar-refractivity contribution < 1.29 is 19.4 Å². The smallest absolute Gasteiger partial charge is 0.353 e. The molecule has 0 aliphatic rings. The summed E-state index contributed by atoms with van der Waals surface area (Å²) in [5.41, 5.74) is 5.46. The molecule has 204 valence electrons. The molecule has 0 atom stereocenters. The van der Waals surface area contributed by atoms with Gasteiger partial charge < -0.3 is 19.1 Å². The van der Waals surface area contributed by atoms with Gasteiger partial charge in [0, 0.05) is 22.5 Å². The number of aromatic nitrogens is 1. The van der Waals surface area contributed by atoms with Crippen molar-refractivity contribution in [1.29, 1.82) is 0 Å². The van der Waals surface area contributed by atoms with Crippen molar-refractivity contribution in [2.75, 3.05) is 0 Å². The number of nitrogens with zero attached hydrogens (tertiary/aromatic N) is 1. The highest BCUT2D eigenvalue weighted by Crippen LogP contribution is 2.39. The molecule has 0 bridgehead atoms. The van der Waals surface area contributed by atoms with Crippen LogP contribution in [0.4, 0.5) is 0 Å². The van der Waals surface area contributed by atoms with Gasteiger partial charge in [0.15, 0.2) is 0 Å². The average molecular weight is 554 g/mol. The number of aromatic carboxylic acids is 1. The first kappa shape index (κ1) is 27.4. The molecule has 1 heterocycles. The Morgan fingerprint density at radius 3 is 1.90 bits per heavy atom. The summed E-state index contributed by atoms with van der Waals surface area (Å²) in [5, 5.41) is 12.0. The highest BCUT2D eigenvalue weighted by Gasteiger charge is 2.24. The number of rotatable bonds is 9. The van der Waals surface area contributed by atoms with Crippen molar-refractivity contribution >= 4 is 28.5 Å². The molecule has 1 aromatic heterocycles. The van der Waals surface area contributed by atoms with Gasteiger partial charge in [-0.2, -0.15) is 0 Å². The van der Waals surface area contributed by atoms with Crippen LogP contribution in [-0.2, 0) is 6.54 Å². The van der Waals surface area contributed by atoms with E-state index in [4.69, 9.17) is 21.1 Å². The third-order valence-electron chi connectivity index (χ3n) is 6.57. The molecule has 5 rings (SSSR count). The van der Waals surface area contributed by atoms with Crippen LogP contribution >= 0.6 is 11.6 Å². The summed E-state index contributed by atoms with van der Waals surface area (Å²) in [5.74, 6) is 0.558. The molecule has 0 unspecified atom stereocenters. The maximum Gasteiger partial charge on any atom is 0.353 e. The second-order valence-electron chi connectivity index (χ2n) is 10.4. The maximum absolute atomic E-state index is 12.9. The number of hydrogen-bond donors (Lipinski definition) is 1. The van der Waals surface area contributed by atoms with Gasteiger partial charge in [-0.25, -0.2) is 4.79 Å². The van der Waals surface area contributed by atoms with E-state index in [2.05, 4.69) is 6.07 Å². The lowest BCUT2D eigenvalue weighted by molar-refractivity contribution is 0.0687. The highest BCUT2D eigenvalue weighted by atomic mass is 35.5. The number of fused-ring (bicyclic) bond motifs is 1. The molecule has 0 saturated carbocycles. The zero-order chi connectivity index (χ0) is 28.4. The van der Waals surface area contributed by atoms with Gasteiger partial charge in [-0.3, -0.25) is 0 Å². The fourth-order valence-corrected chi connectivity index (χ4v) is 5.21. The summed E-state index contributed by atoms with van der Waals surface area (Å²) >= 11 is 6.29. The van der Waals surface area contributed by atoms with E-state index in [1.807, 2.05) is 117 Å². The third kappa shape index (κ3) is 5.85. The maximum atomic E-state index is 12.9. The van der Waals surface area contributed by atoms with Crippen molar-refractivity contribution in [1.82, 2.24) is 4.57 Å². The van der Waals surface area contributed by atoms with Crippen LogP contribution in [0, 0.1) is 0 Å². The number of benzene rings is 4. The minimum Gasteiger partial charge on any atom is -0.491 e. The van der Waals surface area contributed by atoms with Crippen LogP contribution in [0.25, 0.3) is 33.2 Å². The Bertz CT molecular complexity index is 1650. The highest BCUT2D eigenvalue weighted by molar-refractivity contribution is 6.30. The lowest BCUT2D eigenvalue weighted by Crippen LogP contribution is -2.10. The molecule has 40 heavy (non-hydrogen) atoms. The van der Waals surface area contributed by atoms with Crippen molar-refractivity contribution in [3.05, 3.63) is 107 Å². The van der Waals surface area contributed by atoms with E-state index in [9.17, 15) is 9.90 Å². The van der Waals surface area contributed by atoms with Gasteiger partial charge in [-0.15, -0.1) is 0 Å². The second kappa shape index (κ2) is 11.5. The van der Waals surface area contributed by atoms with E-state index in [1.165, 1.54) is 0 Å². The van der Waals surface area contributed by atoms with Crippen LogP contribution in [0.1, 0.15) is 43.7 Å². The molecular formula is C34H32ClNO4. The number of carboxylic acid groups (broad SMARTS) is 1. The minimum atomic E-state index is -0.993. The van der Waals surface area contributed by atoms with Gasteiger partial charge in [0.05, 0.1) is 17.7 Å². The van der Waals surface area contributed by atoms with Gasteiger partial charge in [0.25, 0.3) is 0 Å². The molecule has 0 radical (unpaired) electrons. The fourth-order valence-electron chi connectivity index (χ4n) is 5.00. The molecule has 4 aromatic carbocycles. The summed E-state index contributed by atoms with van der Waals surface area (Å²) in [6, 6.07) is 29.2. The van der Waals surface area contributed by atoms with Crippen molar-refractivity contribution in [3.63, 3.8) is 0 Å². The van der Waals surface area contributed by atoms with Gasteiger partial charge in [0.1, 0.15) is 17.2 Å². The number of halogens is 1. The second-order valence-corrected chi connectivity index (χ2v) is 10.8. The van der Waals surface area contributed by atoms with E-state index in [0.29, 0.717) is 17.1 Å². The number of carbonyl (C=O) groups is 1. The molecule has 0 saturated heterocycles. The van der Waals surface area contributed by atoms with Crippen LogP contribution < -0.4 is 9.47 Å². The van der Waals surface area contributed by atoms with Crippen LogP contribution in [-0.4, -0.2) is 27.9 Å². The van der Waals surface area contributed by atoms with Crippen molar-refractivity contribution in [3.8, 4) is 33.8 Å². The average Bonchev–Trinajstić information content (AvgIpc) is 3.22. The number of carboxylic acids is 1. The SMILES string of the molecule is CC(C)Oc1ccc(-c2ccc3c(-c4ccc(OC(C)C)cc4)c(C(=O)O)n(Cc4cccc(Cl)c4)c3c2)cc1. The summed E-state index contributed by atoms with van der Waals surface area (Å²) in [6.07, 6.45) is 0.139. The molecule has 0 spiro atoms. The van der Waals surface area contributed by atoms with Crippen LogP contribution in [0.15, 0.2) is 91.0 Å². The Labute approximate surface area is 239 Å². The first-order chi connectivity index (χ1) is 19.2. The normalized spacial score (nSPS) is 11.4. The zero-order valence-electron chi connectivity index (χ0n) is 23.0. The predicted octanol–water partition coefficient (Wildman–Crippen LogP) is 8.95. The summed E-state index contributed by atoms with van der Waals surface area (Å²) < 4.78 is 13.5. The fraction of sp³-hybridized carbons (Fsp3) is 0.206. The van der Waals surface area contributed by atoms with E-state index in [1.54, 1.807) is 0 Å². The Morgan fingerprint density at radius 2 is 1.35 bits per heavy atom. The number of hydrogen-bond acceptors (Lipinski definition) is 3. The molecule has 0 fully saturated rings. The van der Waals surface area contributed by atoms with Gasteiger partial charge in [-0.1, -0.05) is 60.1 Å². The van der Waals surface area contributed by atoms with Crippen LogP contribution in [0.2, 0.25) is 5.02 Å². The first-order valence-corrected chi connectivity index (χ1v) is 13.8. The Hall–Kier alpha value is -4.22. The quantitative estimate of drug-likeness (QED) is 0.198. The summed E-state index contributed by atoms with van der Waals surface area (Å²) in [6.45, 7) is 8.31. The topological polar surface area (TPSA) is 60.7 Å². The Morgan fingerprint density at radius 1 is 0.775 bits per heavy atom.